The number of amides is 1. The Morgan fingerprint density at radius 1 is 1.07 bits per heavy atom. The summed E-state index contributed by atoms with van der Waals surface area (Å²) in [6.07, 6.45) is -1.12. The fourth-order valence-corrected chi connectivity index (χ4v) is 3.76. The Hall–Kier alpha value is -3.15. The van der Waals surface area contributed by atoms with Crippen LogP contribution in [0, 0.1) is 0 Å². The smallest absolute Gasteiger partial charge is 0.254 e. The van der Waals surface area contributed by atoms with Gasteiger partial charge < -0.3 is 14.7 Å². The van der Waals surface area contributed by atoms with Crippen LogP contribution in [-0.2, 0) is 4.79 Å². The number of aliphatic hydroxyl groups is 1. The summed E-state index contributed by atoms with van der Waals surface area (Å²) in [5, 5.41) is 11.6. The molecule has 1 aliphatic rings. The zero-order chi connectivity index (χ0) is 21.3. The first kappa shape index (κ1) is 20.1. The molecule has 1 heterocycles. The monoisotopic (exact) mass is 420 g/mol. The molecular weight excluding hydrogens is 400 g/mol. The van der Waals surface area contributed by atoms with E-state index in [2.05, 4.69) is 0 Å². The average molecular weight is 421 g/mol. The molecule has 1 aliphatic heterocycles. The quantitative estimate of drug-likeness (QED) is 0.685. The fraction of sp³-hybridized carbons (Fsp3) is 0.167. The molecule has 30 heavy (non-hydrogen) atoms. The number of halogens is 1. The van der Waals surface area contributed by atoms with Gasteiger partial charge in [-0.05, 0) is 35.9 Å². The van der Waals surface area contributed by atoms with Crippen molar-refractivity contribution in [1.29, 1.82) is 0 Å². The van der Waals surface area contributed by atoms with E-state index in [4.69, 9.17) is 21.3 Å². The van der Waals surface area contributed by atoms with Gasteiger partial charge in [0.25, 0.3) is 5.91 Å². The Bertz CT molecular complexity index is 1100. The molecule has 6 heteroatoms. The number of anilines is 1. The molecule has 3 aromatic carbocycles. The number of benzene rings is 3. The maximum atomic E-state index is 13.3. The van der Waals surface area contributed by atoms with Crippen LogP contribution in [0.5, 0.6) is 5.75 Å². The number of likely N-dealkylation sites (N-methyl/N-ethyl adjacent to an activating group) is 1. The first-order chi connectivity index (χ1) is 14.5. The van der Waals surface area contributed by atoms with E-state index in [1.54, 1.807) is 56.6 Å². The Morgan fingerprint density at radius 3 is 2.43 bits per heavy atom. The predicted molar refractivity (Wildman–Crippen MR) is 119 cm³/mol. The van der Waals surface area contributed by atoms with E-state index in [0.717, 1.165) is 11.1 Å². The average Bonchev–Trinajstić information content (AvgIpc) is 2.89. The Labute approximate surface area is 180 Å². The van der Waals surface area contributed by atoms with Gasteiger partial charge in [0, 0.05) is 23.2 Å². The van der Waals surface area contributed by atoms with Gasteiger partial charge in [0.15, 0.2) is 6.04 Å². The highest BCUT2D eigenvalue weighted by atomic mass is 35.5. The summed E-state index contributed by atoms with van der Waals surface area (Å²) in [4.78, 5) is 19.6. The third-order valence-corrected chi connectivity index (χ3v) is 5.47. The minimum Gasteiger partial charge on any atom is -0.497 e. The molecule has 0 saturated heterocycles. The van der Waals surface area contributed by atoms with Crippen molar-refractivity contribution in [1.82, 2.24) is 0 Å². The van der Waals surface area contributed by atoms with Crippen molar-refractivity contribution in [3.63, 3.8) is 0 Å². The maximum absolute atomic E-state index is 13.3. The van der Waals surface area contributed by atoms with Crippen LogP contribution in [0.25, 0.3) is 0 Å². The molecule has 2 atom stereocenters. The normalized spacial score (nSPS) is 17.1. The molecule has 0 saturated carbocycles. The lowest BCUT2D eigenvalue weighted by Crippen LogP contribution is -2.38. The van der Waals surface area contributed by atoms with E-state index in [-0.39, 0.29) is 5.91 Å². The lowest BCUT2D eigenvalue weighted by molar-refractivity contribution is -0.121. The molecule has 1 N–H and O–H groups in total. The largest absolute Gasteiger partial charge is 0.497 e. The number of benzodiazepines with no additional fused rings is 1. The number of aliphatic imine (C=N–C) groups is 1. The van der Waals surface area contributed by atoms with E-state index >= 15 is 0 Å². The van der Waals surface area contributed by atoms with Gasteiger partial charge in [0.05, 0.1) is 18.5 Å². The van der Waals surface area contributed by atoms with E-state index in [0.29, 0.717) is 27.7 Å². The number of fused-ring (bicyclic) bond motifs is 1. The van der Waals surface area contributed by atoms with Gasteiger partial charge >= 0.3 is 0 Å². The summed E-state index contributed by atoms with van der Waals surface area (Å²) in [5.41, 5.74) is 3.48. The van der Waals surface area contributed by atoms with Crippen LogP contribution in [-0.4, -0.2) is 36.9 Å². The van der Waals surface area contributed by atoms with Crippen LogP contribution in [0.1, 0.15) is 22.8 Å². The molecule has 3 aromatic rings. The van der Waals surface area contributed by atoms with E-state index < -0.39 is 12.1 Å². The van der Waals surface area contributed by atoms with Crippen LogP contribution >= 0.6 is 11.6 Å². The van der Waals surface area contributed by atoms with Gasteiger partial charge in [-0.2, -0.15) is 0 Å². The first-order valence-electron chi connectivity index (χ1n) is 9.52. The van der Waals surface area contributed by atoms with E-state index in [1.165, 1.54) is 4.90 Å². The highest BCUT2D eigenvalue weighted by Crippen LogP contribution is 2.33. The number of nitrogens with zero attached hydrogens (tertiary/aromatic N) is 2. The molecule has 1 amide bonds. The molecule has 0 bridgehead atoms. The summed E-state index contributed by atoms with van der Waals surface area (Å²) in [6.45, 7) is 0. The third kappa shape index (κ3) is 3.70. The molecule has 0 fully saturated rings. The fourth-order valence-electron chi connectivity index (χ4n) is 3.59. The number of carbonyl (C=O) groups is 1. The molecule has 4 rings (SSSR count). The molecule has 0 aliphatic carbocycles. The summed E-state index contributed by atoms with van der Waals surface area (Å²) < 4.78 is 5.18. The van der Waals surface area contributed by atoms with Crippen LogP contribution in [0.4, 0.5) is 5.69 Å². The van der Waals surface area contributed by atoms with Gasteiger partial charge in [-0.15, -0.1) is 0 Å². The number of methoxy groups -OCH3 is 1. The zero-order valence-corrected chi connectivity index (χ0v) is 17.4. The topological polar surface area (TPSA) is 62.1 Å². The van der Waals surface area contributed by atoms with E-state index in [9.17, 15) is 9.90 Å². The summed E-state index contributed by atoms with van der Waals surface area (Å²) in [7, 11) is 3.26. The number of carbonyl (C=O) groups excluding carboxylic acids is 1. The van der Waals surface area contributed by atoms with E-state index in [1.807, 2.05) is 30.3 Å². The van der Waals surface area contributed by atoms with Crippen molar-refractivity contribution in [2.24, 2.45) is 4.99 Å². The van der Waals surface area contributed by atoms with Crippen molar-refractivity contribution < 1.29 is 14.6 Å². The van der Waals surface area contributed by atoms with Crippen molar-refractivity contribution in [2.45, 2.75) is 12.1 Å². The molecular formula is C24H21ClN2O3. The second kappa shape index (κ2) is 8.30. The summed E-state index contributed by atoms with van der Waals surface area (Å²) in [6, 6.07) is 20.9. The minimum absolute atomic E-state index is 0.298. The predicted octanol–water partition coefficient (Wildman–Crippen LogP) is 4.26. The second-order valence-corrected chi connectivity index (χ2v) is 7.50. The number of aliphatic hydroxyl groups excluding tert-OH is 1. The Balaban J connectivity index is 1.86. The highest BCUT2D eigenvalue weighted by molar-refractivity contribution is 6.32. The standard InChI is InChI=1S/C24H21ClN2O3/c1-27-20-13-10-17(25)14-19(20)21(15-6-4-3-5-7-15)26-22(24(27)29)23(28)16-8-11-18(30-2)12-9-16/h3-14,22-23,28H,1-2H3. The van der Waals surface area contributed by atoms with Crippen molar-refractivity contribution in [3.8, 4) is 5.75 Å². The van der Waals surface area contributed by atoms with Gasteiger partial charge in [-0.25, -0.2) is 0 Å². The minimum atomic E-state index is -1.12. The highest BCUT2D eigenvalue weighted by Gasteiger charge is 2.35. The first-order valence-corrected chi connectivity index (χ1v) is 9.90. The lowest BCUT2D eigenvalue weighted by Gasteiger charge is -2.23. The number of rotatable bonds is 4. The molecule has 2 unspecified atom stereocenters. The summed E-state index contributed by atoms with van der Waals surface area (Å²) >= 11 is 6.27. The summed E-state index contributed by atoms with van der Waals surface area (Å²) in [5.74, 6) is 0.374. The molecule has 0 aromatic heterocycles. The number of hydrogen-bond donors (Lipinski definition) is 1. The third-order valence-electron chi connectivity index (χ3n) is 5.23. The zero-order valence-electron chi connectivity index (χ0n) is 16.6. The van der Waals surface area contributed by atoms with Gasteiger partial charge in [-0.1, -0.05) is 54.1 Å². The Morgan fingerprint density at radius 2 is 1.77 bits per heavy atom. The van der Waals surface area contributed by atoms with Crippen LogP contribution in [0.3, 0.4) is 0 Å². The lowest BCUT2D eigenvalue weighted by atomic mass is 9.99. The van der Waals surface area contributed by atoms with Gasteiger partial charge in [-0.3, -0.25) is 9.79 Å². The van der Waals surface area contributed by atoms with Crippen molar-refractivity contribution in [3.05, 3.63) is 94.5 Å². The number of ether oxygens (including phenoxy) is 1. The van der Waals surface area contributed by atoms with Crippen LogP contribution in [0.15, 0.2) is 77.8 Å². The maximum Gasteiger partial charge on any atom is 0.254 e. The molecule has 0 radical (unpaired) electrons. The van der Waals surface area contributed by atoms with Crippen molar-refractivity contribution >= 4 is 28.9 Å². The molecule has 0 spiro atoms. The molecule has 152 valence electrons. The van der Waals surface area contributed by atoms with Crippen LogP contribution in [0.2, 0.25) is 5.02 Å². The SMILES string of the molecule is COc1ccc(C(O)C2N=C(c3ccccc3)c3cc(Cl)ccc3N(C)C2=O)cc1. The van der Waals surface area contributed by atoms with Gasteiger partial charge in [0.1, 0.15) is 11.9 Å². The second-order valence-electron chi connectivity index (χ2n) is 7.07. The number of hydrogen-bond acceptors (Lipinski definition) is 4. The molecule has 5 nitrogen and oxygen atoms in total. The van der Waals surface area contributed by atoms with Crippen LogP contribution < -0.4 is 9.64 Å². The van der Waals surface area contributed by atoms with Crippen molar-refractivity contribution in [2.75, 3.05) is 19.1 Å². The van der Waals surface area contributed by atoms with Gasteiger partial charge in [0.2, 0.25) is 0 Å². The Kier molecular flexibility index (Phi) is 5.57.